The summed E-state index contributed by atoms with van der Waals surface area (Å²) in [4.78, 5) is 0. The monoisotopic (exact) mass is 172 g/mol. The molecule has 0 atom stereocenters. The summed E-state index contributed by atoms with van der Waals surface area (Å²) < 4.78 is 0. The highest BCUT2D eigenvalue weighted by atomic mass is 15.3. The molecule has 0 aliphatic heterocycles. The molecule has 3 N–H and O–H groups in total. The third-order valence-corrected chi connectivity index (χ3v) is 2.92. The molecule has 0 fully saturated rings. The summed E-state index contributed by atoms with van der Waals surface area (Å²) in [5.74, 6) is 5.56. The Hall–Kier alpha value is -0.0800. The normalized spacial score (nSPS) is 12.0. The van der Waals surface area contributed by atoms with Crippen LogP contribution in [-0.4, -0.2) is 5.54 Å². The number of hydrazine groups is 1. The van der Waals surface area contributed by atoms with E-state index in [-0.39, 0.29) is 5.54 Å². The third kappa shape index (κ3) is 3.55. The maximum absolute atomic E-state index is 5.56. The Morgan fingerprint density at radius 3 is 2.00 bits per heavy atom. The second kappa shape index (κ2) is 6.44. The zero-order chi connectivity index (χ0) is 9.45. The molecule has 0 radical (unpaired) electrons. The van der Waals surface area contributed by atoms with Crippen LogP contribution in [0.5, 0.6) is 0 Å². The van der Waals surface area contributed by atoms with Crippen molar-refractivity contribution in [1.82, 2.24) is 5.43 Å². The summed E-state index contributed by atoms with van der Waals surface area (Å²) in [5, 5.41) is 0. The van der Waals surface area contributed by atoms with Gasteiger partial charge in [0.1, 0.15) is 0 Å². The fraction of sp³-hybridized carbons (Fsp3) is 1.00. The second-order valence-electron chi connectivity index (χ2n) is 3.59. The van der Waals surface area contributed by atoms with Gasteiger partial charge < -0.3 is 0 Å². The molecule has 0 aromatic carbocycles. The van der Waals surface area contributed by atoms with E-state index in [1.807, 2.05) is 0 Å². The highest BCUT2D eigenvalue weighted by molar-refractivity contribution is 4.82. The van der Waals surface area contributed by atoms with Gasteiger partial charge >= 0.3 is 0 Å². The van der Waals surface area contributed by atoms with Crippen molar-refractivity contribution in [3.05, 3.63) is 0 Å². The van der Waals surface area contributed by atoms with Crippen LogP contribution in [0.2, 0.25) is 0 Å². The van der Waals surface area contributed by atoms with Crippen molar-refractivity contribution < 1.29 is 0 Å². The van der Waals surface area contributed by atoms with Crippen molar-refractivity contribution in [2.75, 3.05) is 0 Å². The Morgan fingerprint density at radius 2 is 1.67 bits per heavy atom. The number of nitrogens with two attached hydrogens (primary N) is 1. The van der Waals surface area contributed by atoms with Gasteiger partial charge in [-0.2, -0.15) is 0 Å². The van der Waals surface area contributed by atoms with Crippen LogP contribution >= 0.6 is 0 Å². The predicted molar refractivity (Wildman–Crippen MR) is 54.8 cm³/mol. The third-order valence-electron chi connectivity index (χ3n) is 2.92. The van der Waals surface area contributed by atoms with Gasteiger partial charge in [-0.15, -0.1) is 0 Å². The summed E-state index contributed by atoms with van der Waals surface area (Å²) in [7, 11) is 0. The summed E-state index contributed by atoms with van der Waals surface area (Å²) in [6, 6.07) is 0. The van der Waals surface area contributed by atoms with Gasteiger partial charge in [0, 0.05) is 5.54 Å². The van der Waals surface area contributed by atoms with Crippen LogP contribution in [-0.2, 0) is 0 Å². The summed E-state index contributed by atoms with van der Waals surface area (Å²) >= 11 is 0. The molecule has 0 unspecified atom stereocenters. The first-order chi connectivity index (χ1) is 5.74. The van der Waals surface area contributed by atoms with Gasteiger partial charge in [0.25, 0.3) is 0 Å². The van der Waals surface area contributed by atoms with Crippen molar-refractivity contribution in [3.63, 3.8) is 0 Å². The van der Waals surface area contributed by atoms with E-state index >= 15 is 0 Å². The average molecular weight is 172 g/mol. The lowest BCUT2D eigenvalue weighted by Gasteiger charge is -2.30. The topological polar surface area (TPSA) is 38.0 Å². The average Bonchev–Trinajstić information content (AvgIpc) is 2.14. The quantitative estimate of drug-likeness (QED) is 0.352. The largest absolute Gasteiger partial charge is 0.271 e. The van der Waals surface area contributed by atoms with E-state index in [1.54, 1.807) is 0 Å². The molecular formula is C10H24N2. The van der Waals surface area contributed by atoms with E-state index in [4.69, 9.17) is 5.84 Å². The molecule has 0 aromatic rings. The van der Waals surface area contributed by atoms with Crippen LogP contribution in [0.25, 0.3) is 0 Å². The maximum atomic E-state index is 5.56. The minimum atomic E-state index is 0.204. The van der Waals surface area contributed by atoms with E-state index < -0.39 is 0 Å². The lowest BCUT2D eigenvalue weighted by Crippen LogP contribution is -2.48. The number of nitrogens with one attached hydrogen (secondary N) is 1. The van der Waals surface area contributed by atoms with Gasteiger partial charge in [0.05, 0.1) is 0 Å². The zero-order valence-electron chi connectivity index (χ0n) is 8.82. The molecule has 2 nitrogen and oxygen atoms in total. The minimum absolute atomic E-state index is 0.204. The molecule has 12 heavy (non-hydrogen) atoms. The number of unbranched alkanes of at least 4 members (excludes halogenated alkanes) is 2. The highest BCUT2D eigenvalue weighted by Gasteiger charge is 2.22. The molecule has 2 heteroatoms. The molecule has 0 aliphatic carbocycles. The van der Waals surface area contributed by atoms with E-state index in [0.717, 1.165) is 12.8 Å². The van der Waals surface area contributed by atoms with Gasteiger partial charge in [0.2, 0.25) is 0 Å². The predicted octanol–water partition coefficient (Wildman–Crippen LogP) is 2.59. The minimum Gasteiger partial charge on any atom is -0.271 e. The molecule has 0 amide bonds. The van der Waals surface area contributed by atoms with Crippen molar-refractivity contribution in [2.24, 2.45) is 5.84 Å². The van der Waals surface area contributed by atoms with Gasteiger partial charge in [-0.05, 0) is 19.3 Å². The molecule has 74 valence electrons. The van der Waals surface area contributed by atoms with Crippen LogP contribution in [0.1, 0.15) is 59.3 Å². The van der Waals surface area contributed by atoms with Crippen molar-refractivity contribution in [3.8, 4) is 0 Å². The van der Waals surface area contributed by atoms with E-state index in [0.29, 0.717) is 0 Å². The highest BCUT2D eigenvalue weighted by Crippen LogP contribution is 2.21. The van der Waals surface area contributed by atoms with Gasteiger partial charge in [0.15, 0.2) is 0 Å². The molecule has 0 saturated heterocycles. The van der Waals surface area contributed by atoms with Crippen LogP contribution in [0.4, 0.5) is 0 Å². The Balaban J connectivity index is 3.76. The fourth-order valence-corrected chi connectivity index (χ4v) is 1.59. The first kappa shape index (κ1) is 11.9. The summed E-state index contributed by atoms with van der Waals surface area (Å²) in [6.07, 6.45) is 7.37. The number of hydrogen-bond donors (Lipinski definition) is 2. The smallest absolute Gasteiger partial charge is 0.0316 e. The molecule has 0 aromatic heterocycles. The maximum Gasteiger partial charge on any atom is 0.0316 e. The van der Waals surface area contributed by atoms with E-state index in [2.05, 4.69) is 26.2 Å². The standard InChI is InChI=1S/C10H24N2/c1-4-7-8-9-10(5-2,6-3)12-11/h12H,4-9,11H2,1-3H3. The van der Waals surface area contributed by atoms with Gasteiger partial charge in [-0.25, -0.2) is 0 Å². The molecule has 0 spiro atoms. The summed E-state index contributed by atoms with van der Waals surface area (Å²) in [5.41, 5.74) is 3.18. The van der Waals surface area contributed by atoms with Crippen LogP contribution in [0, 0.1) is 0 Å². The Bertz CT molecular complexity index is 89.7. The molecule has 0 aliphatic rings. The molecule has 0 bridgehead atoms. The van der Waals surface area contributed by atoms with Crippen molar-refractivity contribution in [1.29, 1.82) is 0 Å². The first-order valence-electron chi connectivity index (χ1n) is 5.22. The van der Waals surface area contributed by atoms with Crippen LogP contribution < -0.4 is 11.3 Å². The second-order valence-corrected chi connectivity index (χ2v) is 3.59. The SMILES string of the molecule is CCCCCC(CC)(CC)NN. The first-order valence-corrected chi connectivity index (χ1v) is 5.22. The molecular weight excluding hydrogens is 148 g/mol. The fourth-order valence-electron chi connectivity index (χ4n) is 1.59. The van der Waals surface area contributed by atoms with E-state index in [1.165, 1.54) is 25.7 Å². The molecule has 0 saturated carbocycles. The lowest BCUT2D eigenvalue weighted by molar-refractivity contribution is 0.275. The van der Waals surface area contributed by atoms with Crippen molar-refractivity contribution in [2.45, 2.75) is 64.8 Å². The zero-order valence-corrected chi connectivity index (χ0v) is 8.82. The number of rotatable bonds is 7. The Morgan fingerprint density at radius 1 is 1.08 bits per heavy atom. The molecule has 0 rings (SSSR count). The molecule has 0 heterocycles. The van der Waals surface area contributed by atoms with E-state index in [9.17, 15) is 0 Å². The lowest BCUT2D eigenvalue weighted by atomic mass is 9.87. The van der Waals surface area contributed by atoms with Crippen LogP contribution in [0.3, 0.4) is 0 Å². The van der Waals surface area contributed by atoms with Gasteiger partial charge in [-0.1, -0.05) is 40.0 Å². The Kier molecular flexibility index (Phi) is 6.39. The van der Waals surface area contributed by atoms with Crippen molar-refractivity contribution >= 4 is 0 Å². The Labute approximate surface area is 76.9 Å². The number of hydrogen-bond acceptors (Lipinski definition) is 2. The van der Waals surface area contributed by atoms with Gasteiger partial charge in [-0.3, -0.25) is 11.3 Å². The summed E-state index contributed by atoms with van der Waals surface area (Å²) in [6.45, 7) is 6.64. The van der Waals surface area contributed by atoms with Crippen LogP contribution in [0.15, 0.2) is 0 Å².